The lowest BCUT2D eigenvalue weighted by atomic mass is 9.88. The Kier molecular flexibility index (Phi) is 5.53. The number of anilines is 2. The standard InChI is InChI=1S/C27H25N3O4/c1-15-4-3-5-23-20(15)13-19(28-23)14-22-21-12-18(10-11-24(21)30-26(22)32)29-25(31)16-6-8-17(9-7-16)27(33)34-2/h6-15,28H,3-5H2,1-2H3,(H,29,31)(H,30,32). The van der Waals surface area contributed by atoms with Crippen molar-refractivity contribution in [2.75, 3.05) is 17.7 Å². The van der Waals surface area contributed by atoms with Crippen molar-refractivity contribution in [1.29, 1.82) is 0 Å². The van der Waals surface area contributed by atoms with E-state index in [4.69, 9.17) is 0 Å². The number of carbonyl (C=O) groups excluding carboxylic acids is 3. The molecule has 2 amide bonds. The molecule has 1 unspecified atom stereocenters. The van der Waals surface area contributed by atoms with E-state index in [9.17, 15) is 14.4 Å². The number of fused-ring (bicyclic) bond motifs is 2. The van der Waals surface area contributed by atoms with Crippen LogP contribution < -0.4 is 10.6 Å². The number of methoxy groups -OCH3 is 1. The van der Waals surface area contributed by atoms with E-state index >= 15 is 0 Å². The molecule has 2 aromatic carbocycles. The number of hydrogen-bond acceptors (Lipinski definition) is 4. The zero-order valence-electron chi connectivity index (χ0n) is 19.0. The number of nitrogens with one attached hydrogen (secondary N) is 3. The van der Waals surface area contributed by atoms with Crippen molar-refractivity contribution in [3.63, 3.8) is 0 Å². The summed E-state index contributed by atoms with van der Waals surface area (Å²) in [6.45, 7) is 2.23. The fourth-order valence-electron chi connectivity index (χ4n) is 4.65. The smallest absolute Gasteiger partial charge is 0.337 e. The number of carbonyl (C=O) groups is 3. The monoisotopic (exact) mass is 455 g/mol. The molecule has 1 aliphatic carbocycles. The first-order chi connectivity index (χ1) is 16.4. The predicted molar refractivity (Wildman–Crippen MR) is 131 cm³/mol. The fraction of sp³-hybridized carbons (Fsp3) is 0.222. The Morgan fingerprint density at radius 1 is 1.09 bits per heavy atom. The molecule has 0 fully saturated rings. The second kappa shape index (κ2) is 8.67. The van der Waals surface area contributed by atoms with E-state index in [1.165, 1.54) is 31.2 Å². The Morgan fingerprint density at radius 2 is 1.85 bits per heavy atom. The highest BCUT2D eigenvalue weighted by Crippen LogP contribution is 2.37. The number of aryl methyl sites for hydroxylation is 1. The molecule has 7 nitrogen and oxygen atoms in total. The Morgan fingerprint density at radius 3 is 2.59 bits per heavy atom. The quantitative estimate of drug-likeness (QED) is 0.381. The van der Waals surface area contributed by atoms with Gasteiger partial charge < -0.3 is 20.4 Å². The lowest BCUT2D eigenvalue weighted by Gasteiger charge is -2.17. The van der Waals surface area contributed by atoms with Crippen molar-refractivity contribution < 1.29 is 19.1 Å². The van der Waals surface area contributed by atoms with Gasteiger partial charge in [-0.1, -0.05) is 6.92 Å². The number of aromatic nitrogens is 1. The highest BCUT2D eigenvalue weighted by molar-refractivity contribution is 6.35. The molecule has 7 heteroatoms. The third kappa shape index (κ3) is 4.01. The van der Waals surface area contributed by atoms with Crippen LogP contribution in [0.3, 0.4) is 0 Å². The van der Waals surface area contributed by atoms with Gasteiger partial charge in [0.05, 0.1) is 18.2 Å². The van der Waals surface area contributed by atoms with Crippen LogP contribution in [0.2, 0.25) is 0 Å². The van der Waals surface area contributed by atoms with Crippen LogP contribution in [-0.2, 0) is 16.0 Å². The molecule has 0 spiro atoms. The highest BCUT2D eigenvalue weighted by atomic mass is 16.5. The molecule has 0 saturated heterocycles. The normalized spacial score (nSPS) is 17.6. The van der Waals surface area contributed by atoms with Crippen LogP contribution in [0, 0.1) is 0 Å². The van der Waals surface area contributed by atoms with Crippen LogP contribution >= 0.6 is 0 Å². The van der Waals surface area contributed by atoms with Crippen molar-refractivity contribution in [2.24, 2.45) is 0 Å². The van der Waals surface area contributed by atoms with Gasteiger partial charge in [-0.25, -0.2) is 4.79 Å². The second-order valence-electron chi connectivity index (χ2n) is 8.75. The lowest BCUT2D eigenvalue weighted by Crippen LogP contribution is -2.12. The molecule has 3 N–H and O–H groups in total. The minimum absolute atomic E-state index is 0.169. The van der Waals surface area contributed by atoms with Crippen molar-refractivity contribution in [3.05, 3.63) is 82.2 Å². The Labute approximate surface area is 197 Å². The van der Waals surface area contributed by atoms with Crippen molar-refractivity contribution in [3.8, 4) is 0 Å². The van der Waals surface area contributed by atoms with Crippen molar-refractivity contribution in [1.82, 2.24) is 4.98 Å². The largest absolute Gasteiger partial charge is 0.465 e. The van der Waals surface area contributed by atoms with E-state index in [0.717, 1.165) is 17.7 Å². The van der Waals surface area contributed by atoms with Crippen molar-refractivity contribution in [2.45, 2.75) is 32.1 Å². The van der Waals surface area contributed by atoms with Crippen LogP contribution in [0.25, 0.3) is 11.6 Å². The molecular formula is C27H25N3O4. The van der Waals surface area contributed by atoms with Gasteiger partial charge in [-0.3, -0.25) is 9.59 Å². The van der Waals surface area contributed by atoms with Gasteiger partial charge in [0.2, 0.25) is 0 Å². The zero-order valence-corrected chi connectivity index (χ0v) is 19.0. The van der Waals surface area contributed by atoms with E-state index in [-0.39, 0.29) is 11.8 Å². The van der Waals surface area contributed by atoms with Crippen LogP contribution in [0.5, 0.6) is 0 Å². The number of rotatable bonds is 4. The molecule has 1 aliphatic heterocycles. The average Bonchev–Trinajstić information content (AvgIpc) is 3.40. The van der Waals surface area contributed by atoms with E-state index in [1.54, 1.807) is 42.5 Å². The van der Waals surface area contributed by atoms with Gasteiger partial charge in [0.25, 0.3) is 11.8 Å². The number of aromatic amines is 1. The van der Waals surface area contributed by atoms with E-state index < -0.39 is 5.97 Å². The number of hydrogen-bond donors (Lipinski definition) is 3. The van der Waals surface area contributed by atoms with Crippen LogP contribution in [0.4, 0.5) is 11.4 Å². The summed E-state index contributed by atoms with van der Waals surface area (Å²) in [7, 11) is 1.31. The second-order valence-corrected chi connectivity index (χ2v) is 8.75. The molecule has 34 heavy (non-hydrogen) atoms. The molecule has 5 rings (SSSR count). The number of esters is 1. The molecule has 3 aromatic rings. The topological polar surface area (TPSA) is 100 Å². The lowest BCUT2D eigenvalue weighted by molar-refractivity contribution is -0.110. The predicted octanol–water partition coefficient (Wildman–Crippen LogP) is 4.99. The summed E-state index contributed by atoms with van der Waals surface area (Å²) in [4.78, 5) is 40.5. The van der Waals surface area contributed by atoms with Crippen LogP contribution in [0.1, 0.15) is 68.9 Å². The first-order valence-corrected chi connectivity index (χ1v) is 11.3. The summed E-state index contributed by atoms with van der Waals surface area (Å²) in [5, 5.41) is 5.76. The summed E-state index contributed by atoms with van der Waals surface area (Å²) in [6, 6.07) is 13.7. The Balaban J connectivity index is 1.39. The van der Waals surface area contributed by atoms with Gasteiger partial charge in [-0.05, 0) is 85.4 Å². The third-order valence-corrected chi connectivity index (χ3v) is 6.48. The average molecular weight is 456 g/mol. The van der Waals surface area contributed by atoms with E-state index in [2.05, 4.69) is 33.3 Å². The molecule has 0 radical (unpaired) electrons. The third-order valence-electron chi connectivity index (χ3n) is 6.48. The molecule has 1 aromatic heterocycles. The number of amides is 2. The molecule has 172 valence electrons. The SMILES string of the molecule is COC(=O)c1ccc(C(=O)Nc2ccc3c(c2)C(=Cc2cc4c([nH]2)CCCC4C)C(=O)N3)cc1. The number of benzene rings is 2. The van der Waals surface area contributed by atoms with Gasteiger partial charge in [0, 0.05) is 33.9 Å². The van der Waals surface area contributed by atoms with Gasteiger partial charge in [-0.2, -0.15) is 0 Å². The zero-order chi connectivity index (χ0) is 23.8. The summed E-state index contributed by atoms with van der Waals surface area (Å²) < 4.78 is 4.68. The maximum atomic E-state index is 12.7. The van der Waals surface area contributed by atoms with Gasteiger partial charge in [0.15, 0.2) is 0 Å². The minimum atomic E-state index is -0.459. The molecule has 2 heterocycles. The summed E-state index contributed by atoms with van der Waals surface area (Å²) in [5.41, 5.74) is 6.85. The maximum Gasteiger partial charge on any atom is 0.337 e. The molecule has 0 bridgehead atoms. The highest BCUT2D eigenvalue weighted by Gasteiger charge is 2.26. The summed E-state index contributed by atoms with van der Waals surface area (Å²) >= 11 is 0. The number of ether oxygens (including phenoxy) is 1. The summed E-state index contributed by atoms with van der Waals surface area (Å²) in [6.07, 6.45) is 5.26. The van der Waals surface area contributed by atoms with E-state index in [1.807, 2.05) is 6.08 Å². The van der Waals surface area contributed by atoms with Crippen LogP contribution in [0.15, 0.2) is 48.5 Å². The first kappa shape index (κ1) is 21.7. The molecule has 1 atom stereocenters. The van der Waals surface area contributed by atoms with Gasteiger partial charge in [0.1, 0.15) is 0 Å². The van der Waals surface area contributed by atoms with Crippen molar-refractivity contribution >= 4 is 40.8 Å². The fourth-order valence-corrected chi connectivity index (χ4v) is 4.65. The molecule has 0 saturated carbocycles. The molecule has 2 aliphatic rings. The molecular weight excluding hydrogens is 430 g/mol. The minimum Gasteiger partial charge on any atom is -0.465 e. The summed E-state index contributed by atoms with van der Waals surface area (Å²) in [5.74, 6) is -0.428. The van der Waals surface area contributed by atoms with E-state index in [0.29, 0.717) is 34.0 Å². The van der Waals surface area contributed by atoms with Gasteiger partial charge >= 0.3 is 5.97 Å². The Hall–Kier alpha value is -4.13. The van der Waals surface area contributed by atoms with Crippen LogP contribution in [-0.4, -0.2) is 29.9 Å². The maximum absolute atomic E-state index is 12.7. The first-order valence-electron chi connectivity index (χ1n) is 11.3. The Bertz CT molecular complexity index is 1330. The number of H-pyrrole nitrogens is 1. The van der Waals surface area contributed by atoms with Gasteiger partial charge in [-0.15, -0.1) is 0 Å².